The molecular weight excluding hydrogens is 242 g/mol. The van der Waals surface area contributed by atoms with Crippen molar-refractivity contribution in [1.29, 1.82) is 0 Å². The first-order chi connectivity index (χ1) is 8.17. The first-order valence-electron chi connectivity index (χ1n) is 5.37. The summed E-state index contributed by atoms with van der Waals surface area (Å²) in [6, 6.07) is 7.19. The molecule has 1 fully saturated rings. The first kappa shape index (κ1) is 12.2. The quantitative estimate of drug-likeness (QED) is 0.828. The minimum absolute atomic E-state index is 0.0768. The SMILES string of the molecule is COc1ccc(N2C[C@H](CO)[C@@H](Cl)C2=O)cc1. The third-order valence-electron chi connectivity index (χ3n) is 2.95. The Kier molecular flexibility index (Phi) is 3.54. The van der Waals surface area contributed by atoms with Gasteiger partial charge in [0, 0.05) is 24.8 Å². The Morgan fingerprint density at radius 2 is 2.12 bits per heavy atom. The number of benzene rings is 1. The molecule has 0 bridgehead atoms. The Morgan fingerprint density at radius 1 is 1.47 bits per heavy atom. The minimum Gasteiger partial charge on any atom is -0.497 e. The lowest BCUT2D eigenvalue weighted by molar-refractivity contribution is -0.117. The van der Waals surface area contributed by atoms with Crippen LogP contribution in [-0.4, -0.2) is 36.7 Å². The number of nitrogens with zero attached hydrogens (tertiary/aromatic N) is 1. The van der Waals surface area contributed by atoms with Crippen LogP contribution >= 0.6 is 11.6 Å². The second kappa shape index (κ2) is 4.94. The Bertz CT molecular complexity index is 407. The van der Waals surface area contributed by atoms with Gasteiger partial charge in [-0.05, 0) is 24.3 Å². The summed E-state index contributed by atoms with van der Waals surface area (Å²) in [7, 11) is 1.59. The molecule has 2 atom stereocenters. The van der Waals surface area contributed by atoms with Gasteiger partial charge in [0.25, 0.3) is 0 Å². The van der Waals surface area contributed by atoms with Gasteiger partial charge in [-0.1, -0.05) is 0 Å². The van der Waals surface area contributed by atoms with Crippen LogP contribution in [0, 0.1) is 5.92 Å². The second-order valence-electron chi connectivity index (χ2n) is 3.99. The van der Waals surface area contributed by atoms with E-state index in [9.17, 15) is 4.79 Å². The molecule has 17 heavy (non-hydrogen) atoms. The van der Waals surface area contributed by atoms with Crippen molar-refractivity contribution >= 4 is 23.2 Å². The van der Waals surface area contributed by atoms with Gasteiger partial charge in [-0.25, -0.2) is 0 Å². The lowest BCUT2D eigenvalue weighted by Gasteiger charge is -2.16. The van der Waals surface area contributed by atoms with E-state index in [0.717, 1.165) is 11.4 Å². The van der Waals surface area contributed by atoms with Crippen LogP contribution in [0.1, 0.15) is 0 Å². The monoisotopic (exact) mass is 255 g/mol. The Morgan fingerprint density at radius 3 is 2.59 bits per heavy atom. The smallest absolute Gasteiger partial charge is 0.245 e. The largest absolute Gasteiger partial charge is 0.497 e. The number of methoxy groups -OCH3 is 1. The van der Waals surface area contributed by atoms with E-state index < -0.39 is 5.38 Å². The number of rotatable bonds is 3. The van der Waals surface area contributed by atoms with Crippen molar-refractivity contribution < 1.29 is 14.6 Å². The highest BCUT2D eigenvalue weighted by atomic mass is 35.5. The molecule has 1 aliphatic heterocycles. The van der Waals surface area contributed by atoms with Crippen LogP contribution in [0.2, 0.25) is 0 Å². The number of aliphatic hydroxyl groups is 1. The zero-order chi connectivity index (χ0) is 12.4. The molecule has 0 aromatic heterocycles. The molecule has 1 aliphatic rings. The molecule has 2 rings (SSSR count). The van der Waals surface area contributed by atoms with Crippen molar-refractivity contribution in [3.63, 3.8) is 0 Å². The highest BCUT2D eigenvalue weighted by Gasteiger charge is 2.39. The van der Waals surface area contributed by atoms with Gasteiger partial charge in [-0.15, -0.1) is 11.6 Å². The van der Waals surface area contributed by atoms with E-state index in [4.69, 9.17) is 21.4 Å². The van der Waals surface area contributed by atoms with Crippen molar-refractivity contribution in [1.82, 2.24) is 0 Å². The summed E-state index contributed by atoms with van der Waals surface area (Å²) in [6.07, 6.45) is 0. The summed E-state index contributed by atoms with van der Waals surface area (Å²) in [6.45, 7) is 0.377. The molecule has 0 spiro atoms. The average Bonchev–Trinajstić information content (AvgIpc) is 2.66. The van der Waals surface area contributed by atoms with Crippen LogP contribution in [-0.2, 0) is 4.79 Å². The number of ether oxygens (including phenoxy) is 1. The standard InChI is InChI=1S/C12H14ClNO3/c1-17-10-4-2-9(3-5-10)14-6-8(7-15)11(13)12(14)16/h2-5,8,11,15H,6-7H2,1H3/t8-,11-/m1/s1. The summed E-state index contributed by atoms with van der Waals surface area (Å²) >= 11 is 5.96. The maximum atomic E-state index is 11.9. The van der Waals surface area contributed by atoms with Gasteiger partial charge in [-0.3, -0.25) is 4.79 Å². The van der Waals surface area contributed by atoms with Crippen LogP contribution < -0.4 is 9.64 Å². The van der Waals surface area contributed by atoms with E-state index in [-0.39, 0.29) is 18.4 Å². The van der Waals surface area contributed by atoms with Crippen molar-refractivity contribution in [2.24, 2.45) is 5.92 Å². The third kappa shape index (κ3) is 2.23. The molecule has 1 heterocycles. The highest BCUT2D eigenvalue weighted by molar-refractivity contribution is 6.34. The van der Waals surface area contributed by atoms with Crippen LogP contribution in [0.15, 0.2) is 24.3 Å². The fourth-order valence-electron chi connectivity index (χ4n) is 1.91. The van der Waals surface area contributed by atoms with E-state index in [0.29, 0.717) is 6.54 Å². The Labute approximate surface area is 105 Å². The molecular formula is C12H14ClNO3. The average molecular weight is 256 g/mol. The lowest BCUT2D eigenvalue weighted by atomic mass is 10.1. The van der Waals surface area contributed by atoms with E-state index in [2.05, 4.69) is 0 Å². The van der Waals surface area contributed by atoms with Gasteiger partial charge in [0.15, 0.2) is 0 Å². The van der Waals surface area contributed by atoms with E-state index in [1.807, 2.05) is 0 Å². The summed E-state index contributed by atoms with van der Waals surface area (Å²) in [4.78, 5) is 13.5. The van der Waals surface area contributed by atoms with Crippen molar-refractivity contribution in [3.8, 4) is 5.75 Å². The fourth-order valence-corrected chi connectivity index (χ4v) is 2.19. The maximum absolute atomic E-state index is 11.9. The Hall–Kier alpha value is -1.26. The van der Waals surface area contributed by atoms with Gasteiger partial charge < -0.3 is 14.7 Å². The number of halogens is 1. The van der Waals surface area contributed by atoms with E-state index in [1.165, 1.54) is 0 Å². The molecule has 1 N–H and O–H groups in total. The summed E-state index contributed by atoms with van der Waals surface area (Å²) in [5.41, 5.74) is 0.775. The number of alkyl halides is 1. The summed E-state index contributed by atoms with van der Waals surface area (Å²) in [5.74, 6) is 0.378. The van der Waals surface area contributed by atoms with Crippen molar-refractivity contribution in [2.75, 3.05) is 25.2 Å². The molecule has 0 unspecified atom stereocenters. The highest BCUT2D eigenvalue weighted by Crippen LogP contribution is 2.29. The van der Waals surface area contributed by atoms with Crippen molar-refractivity contribution in [3.05, 3.63) is 24.3 Å². The van der Waals surface area contributed by atoms with Gasteiger partial charge in [0.05, 0.1) is 7.11 Å². The molecule has 5 heteroatoms. The molecule has 0 radical (unpaired) electrons. The van der Waals surface area contributed by atoms with Gasteiger partial charge in [0.2, 0.25) is 5.91 Å². The van der Waals surface area contributed by atoms with Crippen LogP contribution in [0.3, 0.4) is 0 Å². The molecule has 4 nitrogen and oxygen atoms in total. The van der Waals surface area contributed by atoms with E-state index >= 15 is 0 Å². The third-order valence-corrected chi connectivity index (χ3v) is 3.49. The van der Waals surface area contributed by atoms with Gasteiger partial charge in [0.1, 0.15) is 11.1 Å². The number of anilines is 1. The Balaban J connectivity index is 2.20. The van der Waals surface area contributed by atoms with Crippen LogP contribution in [0.25, 0.3) is 0 Å². The first-order valence-corrected chi connectivity index (χ1v) is 5.81. The number of hydrogen-bond acceptors (Lipinski definition) is 3. The number of amides is 1. The van der Waals surface area contributed by atoms with Crippen LogP contribution in [0.5, 0.6) is 5.75 Å². The zero-order valence-corrected chi connectivity index (χ0v) is 10.2. The summed E-state index contributed by atoms with van der Waals surface area (Å²) < 4.78 is 5.05. The summed E-state index contributed by atoms with van der Waals surface area (Å²) in [5, 5.41) is 8.48. The predicted octanol–water partition coefficient (Wildman–Crippen LogP) is 1.26. The van der Waals surface area contributed by atoms with Gasteiger partial charge >= 0.3 is 0 Å². The topological polar surface area (TPSA) is 49.8 Å². The zero-order valence-electron chi connectivity index (χ0n) is 9.47. The number of hydrogen-bond donors (Lipinski definition) is 1. The number of carbonyl (C=O) groups excluding carboxylic acids is 1. The molecule has 1 aromatic carbocycles. The fraction of sp³-hybridized carbons (Fsp3) is 0.417. The number of carbonyl (C=O) groups is 1. The second-order valence-corrected chi connectivity index (χ2v) is 4.46. The van der Waals surface area contributed by atoms with Crippen LogP contribution in [0.4, 0.5) is 5.69 Å². The lowest BCUT2D eigenvalue weighted by Crippen LogP contribution is -2.27. The molecule has 1 saturated heterocycles. The molecule has 0 saturated carbocycles. The minimum atomic E-state index is -0.637. The molecule has 0 aliphatic carbocycles. The van der Waals surface area contributed by atoms with Crippen molar-refractivity contribution in [2.45, 2.75) is 5.38 Å². The predicted molar refractivity (Wildman–Crippen MR) is 65.6 cm³/mol. The van der Waals surface area contributed by atoms with Gasteiger partial charge in [-0.2, -0.15) is 0 Å². The number of aliphatic hydroxyl groups excluding tert-OH is 1. The normalized spacial score (nSPS) is 24.2. The molecule has 1 aromatic rings. The maximum Gasteiger partial charge on any atom is 0.245 e. The molecule has 1 amide bonds. The molecule has 92 valence electrons. The van der Waals surface area contributed by atoms with E-state index in [1.54, 1.807) is 36.3 Å².